The molecule has 0 N–H and O–H groups in total. The van der Waals surface area contributed by atoms with Crippen LogP contribution in [0.15, 0.2) is 22.7 Å². The lowest BCUT2D eigenvalue weighted by Gasteiger charge is -2.34. The summed E-state index contributed by atoms with van der Waals surface area (Å²) in [6.45, 7) is 5.82. The number of carbonyl (C=O) groups excluding carboxylic acids is 1. The van der Waals surface area contributed by atoms with E-state index in [1.807, 2.05) is 30.0 Å². The lowest BCUT2D eigenvalue weighted by Crippen LogP contribution is -2.48. The van der Waals surface area contributed by atoms with Crippen LogP contribution in [0.25, 0.3) is 0 Å². The molecule has 2 rings (SSSR count). The van der Waals surface area contributed by atoms with E-state index in [4.69, 9.17) is 6.42 Å². The minimum Gasteiger partial charge on any atom is -0.336 e. The Balaban J connectivity index is 2.05. The highest BCUT2D eigenvalue weighted by atomic mass is 79.9. The second kappa shape index (κ2) is 6.23. The lowest BCUT2D eigenvalue weighted by molar-refractivity contribution is 0.0651. The number of hydrogen-bond donors (Lipinski definition) is 0. The summed E-state index contributed by atoms with van der Waals surface area (Å²) in [5.74, 6) is 2.76. The summed E-state index contributed by atoms with van der Waals surface area (Å²) in [6.07, 6.45) is 5.30. The van der Waals surface area contributed by atoms with Crippen LogP contribution >= 0.6 is 15.9 Å². The van der Waals surface area contributed by atoms with Crippen molar-refractivity contribution in [2.45, 2.75) is 6.92 Å². The molecule has 1 aromatic rings. The average Bonchev–Trinajstić information content (AvgIpc) is 2.42. The SMILES string of the molecule is C#CCN1CCN(C(=O)c2cc(Br)ccc2C)CC1. The number of rotatable bonds is 2. The molecule has 0 spiro atoms. The number of nitrogens with zero attached hydrogens (tertiary/aromatic N) is 2. The summed E-state index contributed by atoms with van der Waals surface area (Å²) < 4.78 is 0.937. The summed E-state index contributed by atoms with van der Waals surface area (Å²) in [7, 11) is 0. The van der Waals surface area contributed by atoms with Gasteiger partial charge in [-0.25, -0.2) is 0 Å². The highest BCUT2D eigenvalue weighted by molar-refractivity contribution is 9.10. The molecular weight excluding hydrogens is 304 g/mol. The van der Waals surface area contributed by atoms with E-state index in [-0.39, 0.29) is 5.91 Å². The van der Waals surface area contributed by atoms with Gasteiger partial charge in [0.05, 0.1) is 6.54 Å². The monoisotopic (exact) mass is 320 g/mol. The Bertz CT molecular complexity index is 513. The smallest absolute Gasteiger partial charge is 0.254 e. The number of hydrogen-bond acceptors (Lipinski definition) is 2. The lowest BCUT2D eigenvalue weighted by atomic mass is 10.1. The van der Waals surface area contributed by atoms with E-state index in [0.717, 1.165) is 41.8 Å². The highest BCUT2D eigenvalue weighted by Gasteiger charge is 2.22. The molecule has 19 heavy (non-hydrogen) atoms. The van der Waals surface area contributed by atoms with Crippen LogP contribution in [-0.4, -0.2) is 48.4 Å². The van der Waals surface area contributed by atoms with Crippen molar-refractivity contribution in [3.63, 3.8) is 0 Å². The van der Waals surface area contributed by atoms with E-state index in [1.54, 1.807) is 0 Å². The summed E-state index contributed by atoms with van der Waals surface area (Å²) >= 11 is 3.42. The molecule has 3 nitrogen and oxygen atoms in total. The fourth-order valence-corrected chi connectivity index (χ4v) is 2.59. The van der Waals surface area contributed by atoms with Crippen LogP contribution < -0.4 is 0 Å². The number of terminal acetylenes is 1. The Hall–Kier alpha value is -1.31. The fraction of sp³-hybridized carbons (Fsp3) is 0.400. The van der Waals surface area contributed by atoms with Gasteiger partial charge in [0.1, 0.15) is 0 Å². The summed E-state index contributed by atoms with van der Waals surface area (Å²) in [4.78, 5) is 16.6. The normalized spacial score (nSPS) is 16.2. The average molecular weight is 321 g/mol. The maximum Gasteiger partial charge on any atom is 0.254 e. The van der Waals surface area contributed by atoms with Crippen LogP contribution in [0, 0.1) is 19.3 Å². The van der Waals surface area contributed by atoms with Crippen molar-refractivity contribution in [3.05, 3.63) is 33.8 Å². The summed E-state index contributed by atoms with van der Waals surface area (Å²) in [5.41, 5.74) is 1.79. The number of halogens is 1. The first-order valence-corrected chi connectivity index (χ1v) is 7.12. The van der Waals surface area contributed by atoms with Gasteiger partial charge in [0.2, 0.25) is 0 Å². The van der Waals surface area contributed by atoms with Crippen molar-refractivity contribution in [2.24, 2.45) is 0 Å². The molecule has 0 atom stereocenters. The first-order valence-electron chi connectivity index (χ1n) is 6.33. The van der Waals surface area contributed by atoms with Crippen LogP contribution in [0.5, 0.6) is 0 Å². The zero-order chi connectivity index (χ0) is 13.8. The Morgan fingerprint density at radius 1 is 1.37 bits per heavy atom. The number of piperazine rings is 1. The number of benzene rings is 1. The van der Waals surface area contributed by atoms with E-state index in [9.17, 15) is 4.79 Å². The molecular formula is C15H17BrN2O. The second-order valence-corrected chi connectivity index (χ2v) is 5.65. The van der Waals surface area contributed by atoms with Crippen molar-refractivity contribution in [1.82, 2.24) is 9.80 Å². The molecule has 4 heteroatoms. The molecule has 0 saturated carbocycles. The third-order valence-electron chi connectivity index (χ3n) is 3.40. The number of amides is 1. The van der Waals surface area contributed by atoms with Gasteiger partial charge in [0, 0.05) is 36.2 Å². The molecule has 1 amide bonds. The minimum absolute atomic E-state index is 0.110. The molecule has 0 unspecified atom stereocenters. The van der Waals surface area contributed by atoms with E-state index in [2.05, 4.69) is 26.8 Å². The van der Waals surface area contributed by atoms with Gasteiger partial charge in [-0.05, 0) is 24.6 Å². The predicted octanol–water partition coefficient (Wildman–Crippen LogP) is 2.15. The molecule has 0 aromatic heterocycles. The Kier molecular flexibility index (Phi) is 4.62. The van der Waals surface area contributed by atoms with Gasteiger partial charge in [-0.2, -0.15) is 0 Å². The Morgan fingerprint density at radius 3 is 2.68 bits per heavy atom. The van der Waals surface area contributed by atoms with Gasteiger partial charge in [-0.3, -0.25) is 9.69 Å². The molecule has 0 aliphatic carbocycles. The molecule has 1 heterocycles. The topological polar surface area (TPSA) is 23.6 Å². The van der Waals surface area contributed by atoms with Crippen LogP contribution in [0.1, 0.15) is 15.9 Å². The predicted molar refractivity (Wildman–Crippen MR) is 80.1 cm³/mol. The van der Waals surface area contributed by atoms with Crippen molar-refractivity contribution < 1.29 is 4.79 Å². The Labute approximate surface area is 122 Å². The highest BCUT2D eigenvalue weighted by Crippen LogP contribution is 2.18. The van der Waals surface area contributed by atoms with E-state index >= 15 is 0 Å². The molecule has 0 bridgehead atoms. The first kappa shape index (κ1) is 14.1. The quantitative estimate of drug-likeness (QED) is 0.779. The van der Waals surface area contributed by atoms with E-state index in [0.29, 0.717) is 6.54 Å². The van der Waals surface area contributed by atoms with Gasteiger partial charge < -0.3 is 4.90 Å². The number of aryl methyl sites for hydroxylation is 1. The van der Waals surface area contributed by atoms with Crippen LogP contribution in [0.4, 0.5) is 0 Å². The van der Waals surface area contributed by atoms with Crippen molar-refractivity contribution in [1.29, 1.82) is 0 Å². The molecule has 1 aliphatic heterocycles. The van der Waals surface area contributed by atoms with Gasteiger partial charge in [0.15, 0.2) is 0 Å². The van der Waals surface area contributed by atoms with Gasteiger partial charge >= 0.3 is 0 Å². The molecule has 100 valence electrons. The molecule has 1 saturated heterocycles. The maximum atomic E-state index is 12.5. The van der Waals surface area contributed by atoms with E-state index in [1.165, 1.54) is 0 Å². The first-order chi connectivity index (χ1) is 9.11. The summed E-state index contributed by atoms with van der Waals surface area (Å²) in [6, 6.07) is 5.81. The standard InChI is InChI=1S/C15H17BrN2O/c1-3-6-17-7-9-18(10-8-17)15(19)14-11-13(16)5-4-12(14)2/h1,4-5,11H,6-10H2,2H3. The van der Waals surface area contributed by atoms with Crippen molar-refractivity contribution >= 4 is 21.8 Å². The van der Waals surface area contributed by atoms with Crippen molar-refractivity contribution in [3.8, 4) is 12.3 Å². The van der Waals surface area contributed by atoms with Gasteiger partial charge in [-0.15, -0.1) is 6.42 Å². The minimum atomic E-state index is 0.110. The molecule has 0 radical (unpaired) electrons. The zero-order valence-electron chi connectivity index (χ0n) is 11.0. The van der Waals surface area contributed by atoms with Gasteiger partial charge in [0.25, 0.3) is 5.91 Å². The summed E-state index contributed by atoms with van der Waals surface area (Å²) in [5, 5.41) is 0. The van der Waals surface area contributed by atoms with E-state index < -0.39 is 0 Å². The van der Waals surface area contributed by atoms with Crippen molar-refractivity contribution in [2.75, 3.05) is 32.7 Å². The molecule has 1 aliphatic rings. The third kappa shape index (κ3) is 3.37. The van der Waals surface area contributed by atoms with Crippen LogP contribution in [0.2, 0.25) is 0 Å². The fourth-order valence-electron chi connectivity index (χ4n) is 2.23. The molecule has 1 fully saturated rings. The van der Waals surface area contributed by atoms with Crippen LogP contribution in [0.3, 0.4) is 0 Å². The Morgan fingerprint density at radius 2 is 2.05 bits per heavy atom. The second-order valence-electron chi connectivity index (χ2n) is 4.73. The maximum absolute atomic E-state index is 12.5. The molecule has 1 aromatic carbocycles. The van der Waals surface area contributed by atoms with Crippen LogP contribution in [-0.2, 0) is 0 Å². The van der Waals surface area contributed by atoms with Gasteiger partial charge in [-0.1, -0.05) is 27.9 Å². The zero-order valence-corrected chi connectivity index (χ0v) is 12.6. The largest absolute Gasteiger partial charge is 0.336 e. The number of carbonyl (C=O) groups is 1. The third-order valence-corrected chi connectivity index (χ3v) is 3.90.